The third kappa shape index (κ3) is 4.12. The molecule has 0 aromatic heterocycles. The quantitative estimate of drug-likeness (QED) is 0.465. The van der Waals surface area contributed by atoms with Crippen molar-refractivity contribution in [1.82, 2.24) is 0 Å². The molecular weight excluding hydrogens is 282 g/mol. The van der Waals surface area contributed by atoms with Crippen LogP contribution in [0.2, 0.25) is 0 Å². The van der Waals surface area contributed by atoms with Gasteiger partial charge >= 0.3 is 5.69 Å². The van der Waals surface area contributed by atoms with Gasteiger partial charge in [0, 0.05) is 30.1 Å². The Hall–Kier alpha value is -2.76. The van der Waals surface area contributed by atoms with E-state index in [1.165, 1.54) is 11.6 Å². The fraction of sp³-hybridized carbons (Fsp3) is 0.250. The minimum atomic E-state index is -0.441. The van der Waals surface area contributed by atoms with Crippen molar-refractivity contribution < 1.29 is 9.66 Å². The van der Waals surface area contributed by atoms with E-state index in [4.69, 9.17) is 10.5 Å². The maximum atomic E-state index is 10.9. The van der Waals surface area contributed by atoms with Crippen molar-refractivity contribution in [3.63, 3.8) is 0 Å². The molecule has 0 aliphatic carbocycles. The Morgan fingerprint density at radius 3 is 2.59 bits per heavy atom. The number of hydrogen-bond donors (Lipinski definition) is 2. The molecule has 0 atom stereocenters. The SMILES string of the molecule is CCOc1cc(NCCc2ccc(N)cc2)ccc1[N+](=O)[O-]. The monoisotopic (exact) mass is 301 g/mol. The Balaban J connectivity index is 1.99. The van der Waals surface area contributed by atoms with Gasteiger partial charge in [-0.3, -0.25) is 10.1 Å². The molecule has 2 aromatic rings. The van der Waals surface area contributed by atoms with Crippen LogP contribution >= 0.6 is 0 Å². The summed E-state index contributed by atoms with van der Waals surface area (Å²) in [4.78, 5) is 10.5. The average molecular weight is 301 g/mol. The molecule has 22 heavy (non-hydrogen) atoms. The molecule has 0 bridgehead atoms. The molecule has 0 fully saturated rings. The summed E-state index contributed by atoms with van der Waals surface area (Å²) >= 11 is 0. The second-order valence-corrected chi connectivity index (χ2v) is 4.79. The fourth-order valence-electron chi connectivity index (χ4n) is 2.08. The lowest BCUT2D eigenvalue weighted by Crippen LogP contribution is -2.06. The number of nitro benzene ring substituents is 1. The number of nitrogens with one attached hydrogen (secondary N) is 1. The molecule has 0 heterocycles. The van der Waals surface area contributed by atoms with Gasteiger partial charge < -0.3 is 15.8 Å². The summed E-state index contributed by atoms with van der Waals surface area (Å²) in [6, 6.07) is 12.5. The van der Waals surface area contributed by atoms with Gasteiger partial charge in [-0.05, 0) is 37.1 Å². The Bertz CT molecular complexity index is 642. The van der Waals surface area contributed by atoms with E-state index in [1.807, 2.05) is 24.3 Å². The van der Waals surface area contributed by atoms with Gasteiger partial charge in [-0.15, -0.1) is 0 Å². The minimum Gasteiger partial charge on any atom is -0.487 e. The molecule has 2 rings (SSSR count). The van der Waals surface area contributed by atoms with E-state index in [2.05, 4.69) is 5.32 Å². The summed E-state index contributed by atoms with van der Waals surface area (Å²) in [5.41, 5.74) is 8.34. The maximum absolute atomic E-state index is 10.9. The van der Waals surface area contributed by atoms with Crippen LogP contribution in [0.4, 0.5) is 17.1 Å². The Morgan fingerprint density at radius 1 is 1.23 bits per heavy atom. The van der Waals surface area contributed by atoms with Crippen molar-refractivity contribution in [2.24, 2.45) is 0 Å². The number of hydrogen-bond acceptors (Lipinski definition) is 5. The van der Waals surface area contributed by atoms with E-state index >= 15 is 0 Å². The van der Waals surface area contributed by atoms with Crippen molar-refractivity contribution in [1.29, 1.82) is 0 Å². The van der Waals surface area contributed by atoms with Gasteiger partial charge in [0.25, 0.3) is 0 Å². The van der Waals surface area contributed by atoms with Gasteiger partial charge in [0.2, 0.25) is 0 Å². The molecule has 0 spiro atoms. The number of benzene rings is 2. The lowest BCUT2D eigenvalue weighted by molar-refractivity contribution is -0.385. The summed E-state index contributed by atoms with van der Waals surface area (Å²) in [7, 11) is 0. The zero-order valence-corrected chi connectivity index (χ0v) is 12.4. The van der Waals surface area contributed by atoms with Gasteiger partial charge in [0.15, 0.2) is 5.75 Å². The highest BCUT2D eigenvalue weighted by molar-refractivity contribution is 5.58. The number of nitrogens with zero attached hydrogens (tertiary/aromatic N) is 1. The van der Waals surface area contributed by atoms with E-state index < -0.39 is 4.92 Å². The zero-order valence-electron chi connectivity index (χ0n) is 12.4. The number of nitro groups is 1. The summed E-state index contributed by atoms with van der Waals surface area (Å²) in [5, 5.41) is 14.2. The molecule has 3 N–H and O–H groups in total. The van der Waals surface area contributed by atoms with Crippen LogP contribution in [0.1, 0.15) is 12.5 Å². The van der Waals surface area contributed by atoms with Gasteiger partial charge in [-0.1, -0.05) is 12.1 Å². The average Bonchev–Trinajstić information content (AvgIpc) is 2.49. The predicted molar refractivity (Wildman–Crippen MR) is 87.3 cm³/mol. The Kier molecular flexibility index (Phi) is 5.19. The van der Waals surface area contributed by atoms with Crippen molar-refractivity contribution >= 4 is 17.1 Å². The highest BCUT2D eigenvalue weighted by atomic mass is 16.6. The topological polar surface area (TPSA) is 90.4 Å². The highest BCUT2D eigenvalue weighted by Crippen LogP contribution is 2.30. The first kappa shape index (κ1) is 15.6. The predicted octanol–water partition coefficient (Wildman–Crippen LogP) is 3.23. The molecule has 0 aliphatic heterocycles. The summed E-state index contributed by atoms with van der Waals surface area (Å²) < 4.78 is 5.32. The van der Waals surface area contributed by atoms with Crippen LogP contribution in [0.3, 0.4) is 0 Å². The van der Waals surface area contributed by atoms with Gasteiger partial charge in [0.05, 0.1) is 11.5 Å². The number of nitrogen functional groups attached to an aromatic ring is 1. The van der Waals surface area contributed by atoms with E-state index in [1.54, 1.807) is 19.1 Å². The van der Waals surface area contributed by atoms with Gasteiger partial charge in [0.1, 0.15) is 0 Å². The van der Waals surface area contributed by atoms with E-state index in [0.29, 0.717) is 13.2 Å². The molecule has 0 unspecified atom stereocenters. The van der Waals surface area contributed by atoms with Crippen molar-refractivity contribution in [3.05, 3.63) is 58.1 Å². The standard InChI is InChI=1S/C16H19N3O3/c1-2-22-16-11-14(7-8-15(16)19(20)21)18-10-9-12-3-5-13(17)6-4-12/h3-8,11,18H,2,9-10,17H2,1H3. The van der Waals surface area contributed by atoms with Crippen LogP contribution in [-0.4, -0.2) is 18.1 Å². The van der Waals surface area contributed by atoms with Gasteiger partial charge in [-0.25, -0.2) is 0 Å². The smallest absolute Gasteiger partial charge is 0.311 e. The molecule has 0 saturated heterocycles. The van der Waals surface area contributed by atoms with Crippen LogP contribution in [0.15, 0.2) is 42.5 Å². The molecule has 6 heteroatoms. The lowest BCUT2D eigenvalue weighted by Gasteiger charge is -2.09. The fourth-order valence-corrected chi connectivity index (χ4v) is 2.08. The van der Waals surface area contributed by atoms with E-state index in [0.717, 1.165) is 17.8 Å². The number of anilines is 2. The first-order valence-corrected chi connectivity index (χ1v) is 7.09. The first-order chi connectivity index (χ1) is 10.6. The highest BCUT2D eigenvalue weighted by Gasteiger charge is 2.15. The van der Waals surface area contributed by atoms with Crippen LogP contribution in [0.5, 0.6) is 5.75 Å². The third-order valence-electron chi connectivity index (χ3n) is 3.18. The minimum absolute atomic E-state index is 0.0223. The summed E-state index contributed by atoms with van der Waals surface area (Å²) in [5.74, 6) is 0.282. The van der Waals surface area contributed by atoms with Crippen LogP contribution < -0.4 is 15.8 Å². The molecule has 0 amide bonds. The maximum Gasteiger partial charge on any atom is 0.311 e. The first-order valence-electron chi connectivity index (χ1n) is 7.09. The Labute approximate surface area is 129 Å². The lowest BCUT2D eigenvalue weighted by atomic mass is 10.1. The Morgan fingerprint density at radius 2 is 1.95 bits per heavy atom. The van der Waals surface area contributed by atoms with Crippen LogP contribution in [0.25, 0.3) is 0 Å². The van der Waals surface area contributed by atoms with Crippen LogP contribution in [-0.2, 0) is 6.42 Å². The molecule has 0 aliphatic rings. The van der Waals surface area contributed by atoms with Crippen molar-refractivity contribution in [2.45, 2.75) is 13.3 Å². The largest absolute Gasteiger partial charge is 0.487 e. The second-order valence-electron chi connectivity index (χ2n) is 4.79. The third-order valence-corrected chi connectivity index (χ3v) is 3.18. The van der Waals surface area contributed by atoms with E-state index in [-0.39, 0.29) is 11.4 Å². The molecule has 0 radical (unpaired) electrons. The molecular formula is C16H19N3O3. The summed E-state index contributed by atoms with van der Waals surface area (Å²) in [6.07, 6.45) is 0.835. The molecule has 0 saturated carbocycles. The van der Waals surface area contributed by atoms with Crippen LogP contribution in [0, 0.1) is 10.1 Å². The number of rotatable bonds is 7. The summed E-state index contributed by atoms with van der Waals surface area (Å²) in [6.45, 7) is 2.90. The normalized spacial score (nSPS) is 10.2. The number of nitrogens with two attached hydrogens (primary N) is 1. The number of ether oxygens (including phenoxy) is 1. The van der Waals surface area contributed by atoms with Gasteiger partial charge in [-0.2, -0.15) is 0 Å². The molecule has 6 nitrogen and oxygen atoms in total. The second kappa shape index (κ2) is 7.31. The zero-order chi connectivity index (χ0) is 15.9. The molecule has 2 aromatic carbocycles. The van der Waals surface area contributed by atoms with Crippen molar-refractivity contribution in [3.8, 4) is 5.75 Å². The van der Waals surface area contributed by atoms with E-state index in [9.17, 15) is 10.1 Å². The molecule has 116 valence electrons. The van der Waals surface area contributed by atoms with Crippen molar-refractivity contribution in [2.75, 3.05) is 24.2 Å².